The van der Waals surface area contributed by atoms with Crippen molar-refractivity contribution in [3.63, 3.8) is 0 Å². The van der Waals surface area contributed by atoms with Crippen LogP contribution >= 0.6 is 0 Å². The predicted molar refractivity (Wildman–Crippen MR) is 46.5 cm³/mol. The van der Waals surface area contributed by atoms with Crippen LogP contribution in [0.25, 0.3) is 0 Å². The molecule has 0 aromatic carbocycles. The highest BCUT2D eigenvalue weighted by molar-refractivity contribution is 5.70. The zero-order valence-electron chi connectivity index (χ0n) is 7.61. The van der Waals surface area contributed by atoms with E-state index in [9.17, 15) is 4.79 Å². The Morgan fingerprint density at radius 1 is 1.62 bits per heavy atom. The van der Waals surface area contributed by atoms with Gasteiger partial charge in [-0.1, -0.05) is 0 Å². The third kappa shape index (κ3) is 2.42. The summed E-state index contributed by atoms with van der Waals surface area (Å²) >= 11 is 0. The molecule has 74 valence electrons. The van der Waals surface area contributed by atoms with E-state index in [1.165, 1.54) is 0 Å². The molecule has 2 unspecified atom stereocenters. The Morgan fingerprint density at radius 3 is 3.00 bits per heavy atom. The van der Waals surface area contributed by atoms with Crippen LogP contribution in [0.5, 0.6) is 0 Å². The van der Waals surface area contributed by atoms with Crippen molar-refractivity contribution in [3.05, 3.63) is 0 Å². The smallest absolute Gasteiger partial charge is 0.307 e. The largest absolute Gasteiger partial charge is 0.481 e. The van der Waals surface area contributed by atoms with Gasteiger partial charge in [-0.25, -0.2) is 0 Å². The second-order valence-electron chi connectivity index (χ2n) is 3.89. The molecule has 0 saturated carbocycles. The lowest BCUT2D eigenvalue weighted by Crippen LogP contribution is -2.40. The zero-order chi connectivity index (χ0) is 9.26. The Labute approximate surface area is 77.5 Å². The summed E-state index contributed by atoms with van der Waals surface area (Å²) in [6, 6.07) is 0. The first-order valence-corrected chi connectivity index (χ1v) is 4.82. The highest BCUT2D eigenvalue weighted by Crippen LogP contribution is 2.19. The molecule has 0 aliphatic carbocycles. The van der Waals surface area contributed by atoms with Crippen molar-refractivity contribution in [1.82, 2.24) is 4.90 Å². The number of rotatable bonds is 3. The molecule has 0 aromatic heterocycles. The van der Waals surface area contributed by atoms with Gasteiger partial charge < -0.3 is 9.84 Å². The first kappa shape index (κ1) is 8.97. The lowest BCUT2D eigenvalue weighted by atomic mass is 9.98. The fourth-order valence-corrected chi connectivity index (χ4v) is 1.88. The van der Waals surface area contributed by atoms with Crippen molar-refractivity contribution in [2.45, 2.75) is 18.9 Å². The normalized spacial score (nSPS) is 34.5. The van der Waals surface area contributed by atoms with E-state index in [0.29, 0.717) is 12.6 Å². The number of likely N-dealkylation sites (tertiary alicyclic amines) is 1. The molecule has 0 bridgehead atoms. The summed E-state index contributed by atoms with van der Waals surface area (Å²) in [4.78, 5) is 13.0. The molecule has 2 heterocycles. The summed E-state index contributed by atoms with van der Waals surface area (Å²) in [6.07, 6.45) is 2.22. The quantitative estimate of drug-likeness (QED) is 0.637. The summed E-state index contributed by atoms with van der Waals surface area (Å²) in [7, 11) is 0. The zero-order valence-corrected chi connectivity index (χ0v) is 7.61. The van der Waals surface area contributed by atoms with Crippen LogP contribution < -0.4 is 0 Å². The summed E-state index contributed by atoms with van der Waals surface area (Å²) in [6.45, 7) is 3.51. The fourth-order valence-electron chi connectivity index (χ4n) is 1.88. The van der Waals surface area contributed by atoms with Crippen molar-refractivity contribution in [2.75, 3.05) is 26.2 Å². The molecule has 0 spiro atoms. The highest BCUT2D eigenvalue weighted by Gasteiger charge is 2.30. The van der Waals surface area contributed by atoms with Gasteiger partial charge in [0.2, 0.25) is 0 Å². The van der Waals surface area contributed by atoms with E-state index < -0.39 is 5.97 Å². The molecular weight excluding hydrogens is 170 g/mol. The first-order valence-electron chi connectivity index (χ1n) is 4.82. The monoisotopic (exact) mass is 185 g/mol. The van der Waals surface area contributed by atoms with Crippen molar-refractivity contribution in [3.8, 4) is 0 Å². The summed E-state index contributed by atoms with van der Waals surface area (Å²) in [5.41, 5.74) is 0. The van der Waals surface area contributed by atoms with Gasteiger partial charge in [0.1, 0.15) is 0 Å². The van der Waals surface area contributed by atoms with Crippen molar-refractivity contribution in [1.29, 1.82) is 0 Å². The van der Waals surface area contributed by atoms with Gasteiger partial charge in [-0.3, -0.25) is 9.69 Å². The Hall–Kier alpha value is -0.610. The predicted octanol–water partition coefficient (Wildman–Crippen LogP) is 0.182. The van der Waals surface area contributed by atoms with Crippen LogP contribution in [0.1, 0.15) is 12.8 Å². The third-order valence-electron chi connectivity index (χ3n) is 2.72. The van der Waals surface area contributed by atoms with E-state index in [1.54, 1.807) is 0 Å². The molecule has 13 heavy (non-hydrogen) atoms. The maximum absolute atomic E-state index is 10.7. The molecule has 0 radical (unpaired) electrons. The Kier molecular flexibility index (Phi) is 2.51. The molecule has 2 aliphatic rings. The van der Waals surface area contributed by atoms with Gasteiger partial charge in [0.25, 0.3) is 0 Å². The van der Waals surface area contributed by atoms with Gasteiger partial charge in [-0.15, -0.1) is 0 Å². The summed E-state index contributed by atoms with van der Waals surface area (Å²) in [5.74, 6) is -0.811. The van der Waals surface area contributed by atoms with Gasteiger partial charge in [-0.05, 0) is 19.4 Å². The molecule has 2 saturated heterocycles. The van der Waals surface area contributed by atoms with E-state index in [1.807, 2.05) is 0 Å². The molecule has 0 aromatic rings. The van der Waals surface area contributed by atoms with Crippen LogP contribution in [0.2, 0.25) is 0 Å². The van der Waals surface area contributed by atoms with E-state index in [-0.39, 0.29) is 5.92 Å². The van der Waals surface area contributed by atoms with E-state index >= 15 is 0 Å². The number of piperidine rings is 1. The van der Waals surface area contributed by atoms with Gasteiger partial charge in [0, 0.05) is 13.1 Å². The van der Waals surface area contributed by atoms with Crippen LogP contribution in [-0.4, -0.2) is 48.3 Å². The molecule has 2 atom stereocenters. The minimum absolute atomic E-state index is 0.160. The van der Waals surface area contributed by atoms with E-state index in [4.69, 9.17) is 9.84 Å². The van der Waals surface area contributed by atoms with Crippen LogP contribution in [0.4, 0.5) is 0 Å². The van der Waals surface area contributed by atoms with Gasteiger partial charge in [0.15, 0.2) is 0 Å². The second kappa shape index (κ2) is 3.64. The maximum Gasteiger partial charge on any atom is 0.307 e. The lowest BCUT2D eigenvalue weighted by molar-refractivity contribution is -0.143. The molecule has 2 aliphatic heterocycles. The van der Waals surface area contributed by atoms with Crippen molar-refractivity contribution in [2.24, 2.45) is 5.92 Å². The Balaban J connectivity index is 1.80. The standard InChI is InChI=1S/C9H15NO3/c11-9(12)7-2-1-3-10(4-7)5-8-6-13-8/h7-8H,1-6H2,(H,11,12). The lowest BCUT2D eigenvalue weighted by Gasteiger charge is -2.29. The minimum Gasteiger partial charge on any atom is -0.481 e. The molecule has 2 fully saturated rings. The van der Waals surface area contributed by atoms with Crippen LogP contribution in [0.3, 0.4) is 0 Å². The molecule has 4 heteroatoms. The molecular formula is C9H15NO3. The Bertz CT molecular complexity index is 203. The molecule has 2 rings (SSSR count). The number of aliphatic carboxylic acids is 1. The van der Waals surface area contributed by atoms with Crippen molar-refractivity contribution >= 4 is 5.97 Å². The second-order valence-corrected chi connectivity index (χ2v) is 3.89. The van der Waals surface area contributed by atoms with E-state index in [0.717, 1.165) is 32.5 Å². The van der Waals surface area contributed by atoms with Crippen LogP contribution in [-0.2, 0) is 9.53 Å². The topological polar surface area (TPSA) is 53.1 Å². The third-order valence-corrected chi connectivity index (χ3v) is 2.72. The van der Waals surface area contributed by atoms with Gasteiger partial charge in [-0.2, -0.15) is 0 Å². The Morgan fingerprint density at radius 2 is 2.38 bits per heavy atom. The maximum atomic E-state index is 10.7. The van der Waals surface area contributed by atoms with Crippen LogP contribution in [0, 0.1) is 5.92 Å². The minimum atomic E-state index is -0.651. The SMILES string of the molecule is O=C(O)C1CCCN(CC2CO2)C1. The fraction of sp³-hybridized carbons (Fsp3) is 0.889. The number of hydrogen-bond donors (Lipinski definition) is 1. The number of epoxide rings is 1. The summed E-state index contributed by atoms with van der Waals surface area (Å²) in [5, 5.41) is 8.85. The first-order chi connectivity index (χ1) is 6.25. The number of carbonyl (C=O) groups is 1. The van der Waals surface area contributed by atoms with Crippen molar-refractivity contribution < 1.29 is 14.6 Å². The number of ether oxygens (including phenoxy) is 1. The molecule has 0 amide bonds. The molecule has 4 nitrogen and oxygen atoms in total. The molecule has 1 N–H and O–H groups in total. The summed E-state index contributed by atoms with van der Waals surface area (Å²) < 4.78 is 5.12. The van der Waals surface area contributed by atoms with E-state index in [2.05, 4.69) is 4.90 Å². The number of nitrogens with zero attached hydrogens (tertiary/aromatic N) is 1. The highest BCUT2D eigenvalue weighted by atomic mass is 16.6. The number of carboxylic acids is 1. The average molecular weight is 185 g/mol. The van der Waals surface area contributed by atoms with Gasteiger partial charge >= 0.3 is 5.97 Å². The number of hydrogen-bond acceptors (Lipinski definition) is 3. The van der Waals surface area contributed by atoms with Gasteiger partial charge in [0.05, 0.1) is 18.6 Å². The average Bonchev–Trinajstić information content (AvgIpc) is 2.89. The van der Waals surface area contributed by atoms with Crippen LogP contribution in [0.15, 0.2) is 0 Å². The number of carboxylic acid groups (broad SMARTS) is 1.